The Balaban J connectivity index is 1.95. The van der Waals surface area contributed by atoms with E-state index in [9.17, 15) is 4.39 Å². The van der Waals surface area contributed by atoms with Crippen molar-refractivity contribution >= 4 is 11.4 Å². The van der Waals surface area contributed by atoms with Crippen molar-refractivity contribution in [2.75, 3.05) is 25.2 Å². The van der Waals surface area contributed by atoms with E-state index in [1.165, 1.54) is 11.1 Å². The van der Waals surface area contributed by atoms with Crippen LogP contribution in [-0.2, 0) is 11.5 Å². The predicted molar refractivity (Wildman–Crippen MR) is 89.7 cm³/mol. The topological polar surface area (TPSA) is 51.5 Å². The fraction of sp³-hybridized carbons (Fsp3) is 0.278. The van der Waals surface area contributed by atoms with Crippen LogP contribution in [0.3, 0.4) is 0 Å². The number of hydroxylamine groups is 2. The molecule has 0 saturated heterocycles. The number of nitrogens with zero attached hydrogens (tertiary/aromatic N) is 3. The largest absolute Gasteiger partial charge is 0.320 e. The van der Waals surface area contributed by atoms with Gasteiger partial charge in [-0.2, -0.15) is 20.3 Å². The third kappa shape index (κ3) is 3.39. The Morgan fingerprint density at radius 2 is 2.08 bits per heavy atom. The maximum atomic E-state index is 14.2. The van der Waals surface area contributed by atoms with Crippen LogP contribution >= 0.6 is 0 Å². The Labute approximate surface area is 140 Å². The first kappa shape index (κ1) is 16.4. The minimum Gasteiger partial charge on any atom is -0.320 e. The number of para-hydroxylation sites is 1. The van der Waals surface area contributed by atoms with E-state index in [4.69, 9.17) is 10.2 Å². The van der Waals surface area contributed by atoms with Crippen molar-refractivity contribution in [2.24, 2.45) is 0 Å². The van der Waals surface area contributed by atoms with Gasteiger partial charge in [-0.15, -0.1) is 0 Å². The van der Waals surface area contributed by atoms with Crippen LogP contribution in [0.25, 0.3) is 0 Å². The molecule has 1 aliphatic heterocycles. The van der Waals surface area contributed by atoms with E-state index in [1.807, 2.05) is 13.1 Å². The Morgan fingerprint density at radius 1 is 1.25 bits per heavy atom. The summed E-state index contributed by atoms with van der Waals surface area (Å²) in [5.74, 6) is -0.357. The molecule has 2 aromatic carbocycles. The van der Waals surface area contributed by atoms with Gasteiger partial charge < -0.3 is 5.32 Å². The first-order chi connectivity index (χ1) is 11.7. The molecule has 24 heavy (non-hydrogen) atoms. The van der Waals surface area contributed by atoms with Gasteiger partial charge in [-0.25, -0.2) is 4.39 Å². The smallest absolute Gasteiger partial charge is 0.149 e. The summed E-state index contributed by atoms with van der Waals surface area (Å²) in [6.45, 7) is 2.12. The zero-order chi connectivity index (χ0) is 16.9. The van der Waals surface area contributed by atoms with Crippen LogP contribution in [0.15, 0.2) is 42.5 Å². The molecule has 5 nitrogen and oxygen atoms in total. The van der Waals surface area contributed by atoms with Crippen molar-refractivity contribution in [2.45, 2.75) is 13.0 Å². The van der Waals surface area contributed by atoms with E-state index in [1.54, 1.807) is 35.4 Å². The second-order valence-electron chi connectivity index (χ2n) is 5.60. The van der Waals surface area contributed by atoms with Crippen LogP contribution in [0.1, 0.15) is 17.5 Å². The van der Waals surface area contributed by atoms with Gasteiger partial charge in [-0.1, -0.05) is 12.1 Å². The van der Waals surface area contributed by atoms with Crippen LogP contribution in [0.5, 0.6) is 0 Å². The molecule has 0 fully saturated rings. The summed E-state index contributed by atoms with van der Waals surface area (Å²) in [6, 6.07) is 14.0. The van der Waals surface area contributed by atoms with E-state index < -0.39 is 0 Å². The van der Waals surface area contributed by atoms with Crippen molar-refractivity contribution in [3.8, 4) is 6.07 Å². The number of hydrogen-bond donors (Lipinski definition) is 1. The molecule has 1 aliphatic rings. The Bertz CT molecular complexity index is 759. The maximum Gasteiger partial charge on any atom is 0.149 e. The van der Waals surface area contributed by atoms with Crippen LogP contribution in [-0.4, -0.2) is 25.2 Å². The average molecular weight is 326 g/mol. The van der Waals surface area contributed by atoms with Crippen LogP contribution in [0.2, 0.25) is 0 Å². The molecule has 1 heterocycles. The maximum absolute atomic E-state index is 14.2. The predicted octanol–water partition coefficient (Wildman–Crippen LogP) is 3.11. The Kier molecular flexibility index (Phi) is 5.06. The number of nitriles is 1. The molecule has 0 unspecified atom stereocenters. The highest BCUT2D eigenvalue weighted by Crippen LogP contribution is 2.36. The lowest BCUT2D eigenvalue weighted by molar-refractivity contribution is -0.176. The molecule has 0 amide bonds. The van der Waals surface area contributed by atoms with Crippen LogP contribution < -0.4 is 10.4 Å². The van der Waals surface area contributed by atoms with Gasteiger partial charge in [0.1, 0.15) is 11.5 Å². The van der Waals surface area contributed by atoms with Gasteiger partial charge in [0.15, 0.2) is 0 Å². The van der Waals surface area contributed by atoms with Crippen LogP contribution in [0, 0.1) is 17.1 Å². The Morgan fingerprint density at radius 3 is 2.83 bits per heavy atom. The zero-order valence-electron chi connectivity index (χ0n) is 13.5. The molecule has 6 heteroatoms. The lowest BCUT2D eigenvalue weighted by Crippen LogP contribution is -2.38. The molecule has 2 aromatic rings. The summed E-state index contributed by atoms with van der Waals surface area (Å²) in [5.41, 5.74) is 2.62. The standard InChI is InChI=1S/C18H19FN4O/c1-21-9-4-10-22-13-15-11-14(12-20)7-8-17(15)23(24-22)18-6-3-2-5-16(18)19/h2-3,5-8,11,21H,4,9-10,13H2,1H3. The molecule has 0 spiro atoms. The molecule has 124 valence electrons. The molecular weight excluding hydrogens is 307 g/mol. The Hall–Kier alpha value is -2.46. The zero-order valence-corrected chi connectivity index (χ0v) is 13.5. The number of rotatable bonds is 5. The van der Waals surface area contributed by atoms with Crippen molar-refractivity contribution in [1.29, 1.82) is 5.26 Å². The molecule has 0 bridgehead atoms. The number of anilines is 2. The van der Waals surface area contributed by atoms with Gasteiger partial charge >= 0.3 is 0 Å². The number of hydrogen-bond acceptors (Lipinski definition) is 5. The lowest BCUT2D eigenvalue weighted by Gasteiger charge is -2.36. The van der Waals surface area contributed by atoms with Crippen LogP contribution in [0.4, 0.5) is 15.8 Å². The van der Waals surface area contributed by atoms with E-state index >= 15 is 0 Å². The third-order valence-corrected chi connectivity index (χ3v) is 3.88. The summed E-state index contributed by atoms with van der Waals surface area (Å²) in [5, 5.41) is 15.5. The highest BCUT2D eigenvalue weighted by Gasteiger charge is 2.27. The average Bonchev–Trinajstić information content (AvgIpc) is 2.61. The number of fused-ring (bicyclic) bond motifs is 1. The molecule has 0 atom stereocenters. The minimum absolute atomic E-state index is 0.349. The van der Waals surface area contributed by atoms with E-state index in [2.05, 4.69) is 11.4 Å². The number of benzene rings is 2. The molecule has 0 radical (unpaired) electrons. The van der Waals surface area contributed by atoms with Gasteiger partial charge in [0.05, 0.1) is 23.9 Å². The third-order valence-electron chi connectivity index (χ3n) is 3.88. The lowest BCUT2D eigenvalue weighted by atomic mass is 10.1. The second-order valence-corrected chi connectivity index (χ2v) is 5.60. The van der Waals surface area contributed by atoms with Crippen molar-refractivity contribution in [3.63, 3.8) is 0 Å². The summed E-state index contributed by atoms with van der Waals surface area (Å²) >= 11 is 0. The van der Waals surface area contributed by atoms with Crippen molar-refractivity contribution in [3.05, 3.63) is 59.4 Å². The first-order valence-electron chi connectivity index (χ1n) is 7.88. The fourth-order valence-corrected chi connectivity index (χ4v) is 2.70. The normalized spacial score (nSPS) is 14.3. The van der Waals surface area contributed by atoms with Crippen molar-refractivity contribution in [1.82, 2.24) is 10.4 Å². The fourth-order valence-electron chi connectivity index (χ4n) is 2.70. The van der Waals surface area contributed by atoms with Gasteiger partial charge in [0, 0.05) is 6.54 Å². The van der Waals surface area contributed by atoms with Gasteiger partial charge in [0.2, 0.25) is 0 Å². The SMILES string of the molecule is CNCCCN1Cc2cc(C#N)ccc2N(c2ccccc2F)O1. The summed E-state index contributed by atoms with van der Waals surface area (Å²) < 4.78 is 14.2. The summed E-state index contributed by atoms with van der Waals surface area (Å²) in [7, 11) is 1.90. The number of halogens is 1. The molecule has 1 N–H and O–H groups in total. The highest BCUT2D eigenvalue weighted by molar-refractivity contribution is 5.66. The van der Waals surface area contributed by atoms with E-state index in [-0.39, 0.29) is 5.82 Å². The summed E-state index contributed by atoms with van der Waals surface area (Å²) in [6.07, 6.45) is 0.898. The van der Waals surface area contributed by atoms with Gasteiger partial charge in [0.25, 0.3) is 0 Å². The highest BCUT2D eigenvalue weighted by atomic mass is 19.1. The van der Waals surface area contributed by atoms with Crippen molar-refractivity contribution < 1.29 is 9.33 Å². The molecule has 0 aromatic heterocycles. The van der Waals surface area contributed by atoms with Gasteiger partial charge in [-0.05, 0) is 55.9 Å². The molecule has 0 saturated carbocycles. The molecule has 0 aliphatic carbocycles. The van der Waals surface area contributed by atoms with E-state index in [0.717, 1.165) is 24.2 Å². The first-order valence-corrected chi connectivity index (χ1v) is 7.88. The molecular formula is C18H19FN4O. The quantitative estimate of drug-likeness (QED) is 0.856. The minimum atomic E-state index is -0.357. The number of nitrogens with one attached hydrogen (secondary N) is 1. The second kappa shape index (κ2) is 7.41. The molecule has 3 rings (SSSR count). The summed E-state index contributed by atoms with van der Waals surface area (Å²) in [4.78, 5) is 5.92. The monoisotopic (exact) mass is 326 g/mol. The van der Waals surface area contributed by atoms with Gasteiger partial charge in [-0.3, -0.25) is 0 Å². The van der Waals surface area contributed by atoms with E-state index in [0.29, 0.717) is 24.3 Å².